The number of rotatable bonds is 9. The summed E-state index contributed by atoms with van der Waals surface area (Å²) in [7, 11) is -0.570. The highest BCUT2D eigenvalue weighted by molar-refractivity contribution is 7.84. The highest BCUT2D eigenvalue weighted by atomic mass is 32.2. The summed E-state index contributed by atoms with van der Waals surface area (Å²) >= 11 is 0. The van der Waals surface area contributed by atoms with Gasteiger partial charge in [-0.25, -0.2) is 0 Å². The van der Waals surface area contributed by atoms with E-state index < -0.39 is 10.8 Å². The van der Waals surface area contributed by atoms with Crippen molar-refractivity contribution in [2.75, 3.05) is 18.1 Å². The van der Waals surface area contributed by atoms with E-state index in [9.17, 15) is 4.21 Å². The summed E-state index contributed by atoms with van der Waals surface area (Å²) in [6.07, 6.45) is 4.48. The van der Waals surface area contributed by atoms with Gasteiger partial charge in [-0.05, 0) is 32.2 Å². The molecule has 2 nitrogen and oxygen atoms in total. The topological polar surface area (TPSA) is 29.1 Å². The zero-order chi connectivity index (χ0) is 10.8. The molecule has 0 radical (unpaired) electrons. The van der Waals surface area contributed by atoms with Crippen LogP contribution in [0.1, 0.15) is 46.5 Å². The molecule has 0 saturated heterocycles. The fourth-order valence-corrected chi connectivity index (χ4v) is 2.71. The maximum absolute atomic E-state index is 11.4. The first-order valence-electron chi connectivity index (χ1n) is 5.82. The lowest BCUT2D eigenvalue weighted by Gasteiger charge is -2.14. The summed E-state index contributed by atoms with van der Waals surface area (Å²) in [5.74, 6) is 1.76. The van der Waals surface area contributed by atoms with Crippen LogP contribution in [0.25, 0.3) is 0 Å². The molecule has 0 aromatic heterocycles. The van der Waals surface area contributed by atoms with Crippen LogP contribution in [-0.2, 0) is 10.8 Å². The van der Waals surface area contributed by atoms with Gasteiger partial charge in [0.1, 0.15) is 0 Å². The minimum absolute atomic E-state index is 0.570. The van der Waals surface area contributed by atoms with Gasteiger partial charge in [0.15, 0.2) is 0 Å². The Bertz CT molecular complexity index is 150. The van der Waals surface area contributed by atoms with Crippen LogP contribution in [0.4, 0.5) is 0 Å². The average molecular weight is 219 g/mol. The fraction of sp³-hybridized carbons (Fsp3) is 1.00. The van der Waals surface area contributed by atoms with E-state index in [1.165, 1.54) is 12.8 Å². The summed E-state index contributed by atoms with van der Waals surface area (Å²) in [5, 5.41) is 3.44. The Balaban J connectivity index is 3.45. The average Bonchev–Trinajstić information content (AvgIpc) is 2.17. The van der Waals surface area contributed by atoms with Gasteiger partial charge in [0.05, 0.1) is 0 Å². The molecule has 0 saturated carbocycles. The lowest BCUT2D eigenvalue weighted by Crippen LogP contribution is -2.28. The van der Waals surface area contributed by atoms with Crippen LogP contribution >= 0.6 is 0 Å². The first-order chi connectivity index (χ1) is 6.74. The van der Waals surface area contributed by atoms with E-state index in [-0.39, 0.29) is 0 Å². The highest BCUT2D eigenvalue weighted by Crippen LogP contribution is 2.03. The normalized spacial score (nSPS) is 15.4. The van der Waals surface area contributed by atoms with Crippen molar-refractivity contribution in [2.45, 2.75) is 52.5 Å². The third-order valence-electron chi connectivity index (χ3n) is 2.34. The first-order valence-corrected chi connectivity index (χ1v) is 7.31. The highest BCUT2D eigenvalue weighted by Gasteiger charge is 2.05. The van der Waals surface area contributed by atoms with Gasteiger partial charge < -0.3 is 5.32 Å². The summed E-state index contributed by atoms with van der Waals surface area (Å²) in [5.41, 5.74) is 0. The number of nitrogens with one attached hydrogen (secondary N) is 1. The van der Waals surface area contributed by atoms with Gasteiger partial charge in [-0.15, -0.1) is 0 Å². The van der Waals surface area contributed by atoms with E-state index in [2.05, 4.69) is 26.1 Å². The van der Waals surface area contributed by atoms with Crippen molar-refractivity contribution in [2.24, 2.45) is 0 Å². The molecule has 2 atom stereocenters. The largest absolute Gasteiger partial charge is 0.314 e. The third kappa shape index (κ3) is 7.51. The number of hydrogen-bond donors (Lipinski definition) is 1. The Hall–Kier alpha value is 0.110. The van der Waals surface area contributed by atoms with Crippen molar-refractivity contribution < 1.29 is 4.21 Å². The molecule has 0 aliphatic rings. The van der Waals surface area contributed by atoms with Crippen LogP contribution < -0.4 is 5.32 Å². The smallest absolute Gasteiger partial charge is 0.0235 e. The fourth-order valence-electron chi connectivity index (χ4n) is 1.56. The molecule has 1 N–H and O–H groups in total. The molecular weight excluding hydrogens is 194 g/mol. The van der Waals surface area contributed by atoms with E-state index in [0.29, 0.717) is 6.04 Å². The molecule has 0 spiro atoms. The second-order valence-electron chi connectivity index (χ2n) is 3.65. The van der Waals surface area contributed by atoms with Crippen LogP contribution in [0.15, 0.2) is 0 Å². The van der Waals surface area contributed by atoms with Crippen molar-refractivity contribution in [3.63, 3.8) is 0 Å². The van der Waals surface area contributed by atoms with Crippen molar-refractivity contribution in [1.82, 2.24) is 5.32 Å². The predicted molar refractivity (Wildman–Crippen MR) is 65.2 cm³/mol. The Morgan fingerprint density at radius 3 is 2.43 bits per heavy atom. The molecule has 2 unspecified atom stereocenters. The third-order valence-corrected chi connectivity index (χ3v) is 3.95. The molecule has 3 heteroatoms. The second kappa shape index (κ2) is 9.66. The Kier molecular flexibility index (Phi) is 9.73. The summed E-state index contributed by atoms with van der Waals surface area (Å²) < 4.78 is 11.4. The summed E-state index contributed by atoms with van der Waals surface area (Å²) in [4.78, 5) is 0. The molecule has 0 aromatic carbocycles. The van der Waals surface area contributed by atoms with Crippen molar-refractivity contribution >= 4 is 10.8 Å². The minimum Gasteiger partial charge on any atom is -0.314 e. The zero-order valence-electron chi connectivity index (χ0n) is 9.84. The number of hydrogen-bond acceptors (Lipinski definition) is 2. The quantitative estimate of drug-likeness (QED) is 0.645. The maximum atomic E-state index is 11.4. The molecule has 0 bridgehead atoms. The van der Waals surface area contributed by atoms with Crippen LogP contribution in [-0.4, -0.2) is 28.3 Å². The van der Waals surface area contributed by atoms with E-state index in [1.807, 2.05) is 0 Å². The first kappa shape index (κ1) is 14.1. The van der Waals surface area contributed by atoms with E-state index in [0.717, 1.165) is 30.9 Å². The van der Waals surface area contributed by atoms with Gasteiger partial charge in [-0.1, -0.05) is 20.8 Å². The molecule has 0 aromatic rings. The molecule has 0 aliphatic carbocycles. The lowest BCUT2D eigenvalue weighted by atomic mass is 10.1. The van der Waals surface area contributed by atoms with Crippen molar-refractivity contribution in [3.05, 3.63) is 0 Å². The SMILES string of the molecule is CCCS(=O)CCCC(CC)NCC. The molecule has 0 rings (SSSR count). The molecule has 14 heavy (non-hydrogen) atoms. The van der Waals surface area contributed by atoms with Crippen LogP contribution in [0.2, 0.25) is 0 Å². The standard InChI is InChI=1S/C11H25NOS/c1-4-9-14(13)10-7-8-11(5-2)12-6-3/h11-12H,4-10H2,1-3H3. The van der Waals surface area contributed by atoms with Gasteiger partial charge in [0.25, 0.3) is 0 Å². The second-order valence-corrected chi connectivity index (χ2v) is 5.35. The minimum atomic E-state index is -0.570. The van der Waals surface area contributed by atoms with E-state index >= 15 is 0 Å². The maximum Gasteiger partial charge on any atom is 0.0235 e. The van der Waals surface area contributed by atoms with Gasteiger partial charge in [0.2, 0.25) is 0 Å². The van der Waals surface area contributed by atoms with E-state index in [1.54, 1.807) is 0 Å². The lowest BCUT2D eigenvalue weighted by molar-refractivity contribution is 0.476. The van der Waals surface area contributed by atoms with E-state index in [4.69, 9.17) is 0 Å². The summed E-state index contributed by atoms with van der Waals surface area (Å²) in [6.45, 7) is 7.47. The molecule has 0 aliphatic heterocycles. The molecule has 86 valence electrons. The zero-order valence-corrected chi connectivity index (χ0v) is 10.7. The van der Waals surface area contributed by atoms with Crippen molar-refractivity contribution in [1.29, 1.82) is 0 Å². The Morgan fingerprint density at radius 1 is 1.21 bits per heavy atom. The molecule has 0 amide bonds. The van der Waals surface area contributed by atoms with Crippen LogP contribution in [0.3, 0.4) is 0 Å². The molecule has 0 fully saturated rings. The van der Waals surface area contributed by atoms with Gasteiger partial charge >= 0.3 is 0 Å². The van der Waals surface area contributed by atoms with Crippen LogP contribution in [0, 0.1) is 0 Å². The van der Waals surface area contributed by atoms with Gasteiger partial charge in [-0.2, -0.15) is 0 Å². The summed E-state index contributed by atoms with van der Waals surface area (Å²) in [6, 6.07) is 0.624. The predicted octanol–water partition coefficient (Wildman–Crippen LogP) is 2.31. The Morgan fingerprint density at radius 2 is 1.93 bits per heavy atom. The van der Waals surface area contributed by atoms with Gasteiger partial charge in [0, 0.05) is 28.3 Å². The molecular formula is C11H25NOS. The van der Waals surface area contributed by atoms with Gasteiger partial charge in [-0.3, -0.25) is 4.21 Å². The van der Waals surface area contributed by atoms with Crippen molar-refractivity contribution in [3.8, 4) is 0 Å². The van der Waals surface area contributed by atoms with Crippen LogP contribution in [0.5, 0.6) is 0 Å². The Labute approximate surface area is 91.3 Å². The monoisotopic (exact) mass is 219 g/mol. The molecule has 0 heterocycles.